The summed E-state index contributed by atoms with van der Waals surface area (Å²) in [5.74, 6) is 7.63. The third-order valence-electron chi connectivity index (χ3n) is 30.3. The fourth-order valence-corrected chi connectivity index (χ4v) is 23.8. The van der Waals surface area contributed by atoms with Gasteiger partial charge in [-0.2, -0.15) is 0 Å². The molecule has 0 saturated carbocycles. The van der Waals surface area contributed by atoms with Crippen LogP contribution in [0.25, 0.3) is 249 Å². The van der Waals surface area contributed by atoms with Crippen LogP contribution in [-0.4, -0.2) is 28.7 Å². The number of hydrogen-bond donors (Lipinski definition) is 0. The summed E-state index contributed by atoms with van der Waals surface area (Å²) >= 11 is 0. The molecule has 0 saturated heterocycles. The van der Waals surface area contributed by atoms with Crippen LogP contribution in [0.1, 0.15) is 25.0 Å². The molecule has 4 aliphatic rings. The van der Waals surface area contributed by atoms with Crippen LogP contribution in [-0.2, 0) is 5.41 Å². The van der Waals surface area contributed by atoms with Gasteiger partial charge in [-0.15, -0.1) is 0 Å². The third-order valence-corrected chi connectivity index (χ3v) is 30.3. The summed E-state index contributed by atoms with van der Waals surface area (Å²) in [4.78, 5) is 15.2. The molecule has 0 unspecified atom stereocenters. The maximum absolute atomic E-state index is 6.71. The normalized spacial score (nSPS) is 12.5. The van der Waals surface area contributed by atoms with Crippen molar-refractivity contribution >= 4 is 97.7 Å². The molecule has 6 heterocycles. The van der Waals surface area contributed by atoms with E-state index in [-0.39, 0.29) is 5.41 Å². The third kappa shape index (κ3) is 13.7. The van der Waals surface area contributed by atoms with Gasteiger partial charge in [-0.05, 0) is 261 Å². The van der Waals surface area contributed by atoms with Gasteiger partial charge in [0.1, 0.15) is 34.0 Å². The van der Waals surface area contributed by atoms with E-state index in [4.69, 9.17) is 29.2 Å². The van der Waals surface area contributed by atoms with E-state index < -0.39 is 0 Å². The Morgan fingerprint density at radius 1 is 0.170 bits per heavy atom. The number of rotatable bonds is 11. The van der Waals surface area contributed by atoms with Crippen molar-refractivity contribution in [3.63, 3.8) is 0 Å². The number of ether oxygens (including phenoxy) is 3. The van der Waals surface area contributed by atoms with Crippen molar-refractivity contribution in [3.05, 3.63) is 509 Å². The SMILES string of the molecule is CC1(C)c2ccccc2-c2ccc(-c3c4ccccc4c(-c4ccc5c(c4)Oc4cccc6nc(-c7ccccc7)n-5c46)c4ccccc34)cc21.c1ccc(-c2ccc(-c3c4ccccc4c(-c4ccc5c(c4)Oc4cccc6nc(-c7ccccc7)n-5c46)c4ccccc34)cc2)cc1.c1ccc(-c2cccc(-c3c4ccccc4c(-c4ccc5c(c4)Oc4cccc6nc(-c7ccccc7)n-5c46)c4ccccc34)c2)cc1. The van der Waals surface area contributed by atoms with E-state index >= 15 is 0 Å². The van der Waals surface area contributed by atoms with E-state index in [9.17, 15) is 0 Å². The molecule has 24 aromatic carbocycles. The molecule has 9 heteroatoms. The highest BCUT2D eigenvalue weighted by Gasteiger charge is 2.37. The highest BCUT2D eigenvalue weighted by molar-refractivity contribution is 6.25. The molecule has 0 amide bonds. The Kier molecular flexibility index (Phi) is 19.5. The van der Waals surface area contributed by atoms with Gasteiger partial charge in [0, 0.05) is 22.1 Å². The Morgan fingerprint density at radius 2 is 0.408 bits per heavy atom. The minimum Gasteiger partial charge on any atom is -0.453 e. The van der Waals surface area contributed by atoms with Gasteiger partial charge in [-0.3, -0.25) is 13.7 Å². The average Bonchev–Trinajstić information content (AvgIpc) is 1.69. The second kappa shape index (κ2) is 34.0. The van der Waals surface area contributed by atoms with Crippen LogP contribution in [0.15, 0.2) is 497 Å². The molecule has 0 spiro atoms. The smallest absolute Gasteiger partial charge is 0.153 e. The van der Waals surface area contributed by atoms with E-state index in [2.05, 4.69) is 470 Å². The zero-order valence-electron chi connectivity index (χ0n) is 80.3. The lowest BCUT2D eigenvalue weighted by Gasteiger charge is -2.24. The van der Waals surface area contributed by atoms with Crippen molar-refractivity contribution < 1.29 is 14.2 Å². The van der Waals surface area contributed by atoms with Crippen LogP contribution < -0.4 is 14.2 Å². The number of nitrogens with zero attached hydrogens (tertiary/aromatic N) is 6. The van der Waals surface area contributed by atoms with Crippen molar-refractivity contribution in [1.82, 2.24) is 28.7 Å². The Balaban J connectivity index is 0.000000104. The quantitative estimate of drug-likeness (QED) is 0.120. The van der Waals surface area contributed by atoms with Crippen molar-refractivity contribution in [1.29, 1.82) is 0 Å². The molecule has 0 N–H and O–H groups in total. The Labute approximate surface area is 848 Å². The van der Waals surface area contributed by atoms with Crippen molar-refractivity contribution in [2.24, 2.45) is 0 Å². The molecule has 3 aliphatic heterocycles. The largest absolute Gasteiger partial charge is 0.453 e. The Morgan fingerprint density at radius 3 is 0.755 bits per heavy atom. The monoisotopic (exact) mass is 1880 g/mol. The zero-order valence-corrected chi connectivity index (χ0v) is 80.3. The maximum Gasteiger partial charge on any atom is 0.153 e. The van der Waals surface area contributed by atoms with Gasteiger partial charge in [0.25, 0.3) is 0 Å². The number of aromatic nitrogens is 6. The first kappa shape index (κ1) is 84.5. The minimum atomic E-state index is -0.0730. The van der Waals surface area contributed by atoms with E-state index in [1.54, 1.807) is 0 Å². The van der Waals surface area contributed by atoms with Crippen LogP contribution in [0.4, 0.5) is 0 Å². The predicted octanol–water partition coefficient (Wildman–Crippen LogP) is 37.0. The first-order valence-electron chi connectivity index (χ1n) is 50.3. The van der Waals surface area contributed by atoms with Gasteiger partial charge < -0.3 is 14.2 Å². The molecule has 0 bridgehead atoms. The Bertz CT molecular complexity index is 9940. The van der Waals surface area contributed by atoms with Crippen LogP contribution in [0.5, 0.6) is 34.5 Å². The van der Waals surface area contributed by atoms with Crippen LogP contribution in [0.2, 0.25) is 0 Å². The van der Waals surface area contributed by atoms with Crippen LogP contribution >= 0.6 is 0 Å². The summed E-state index contributed by atoms with van der Waals surface area (Å²) in [7, 11) is 0. The summed E-state index contributed by atoms with van der Waals surface area (Å²) < 4.78 is 26.8. The average molecular weight is 1880 g/mol. The van der Waals surface area contributed by atoms with Crippen LogP contribution in [0.3, 0.4) is 0 Å². The number of fused-ring (bicyclic) bond motifs is 15. The van der Waals surface area contributed by atoms with Crippen molar-refractivity contribution in [2.45, 2.75) is 19.3 Å². The second-order valence-electron chi connectivity index (χ2n) is 39.0. The van der Waals surface area contributed by atoms with E-state index in [1.807, 2.05) is 54.6 Å². The molecule has 147 heavy (non-hydrogen) atoms. The summed E-state index contributed by atoms with van der Waals surface area (Å²) in [5, 5.41) is 14.7. The zero-order chi connectivity index (χ0) is 97.1. The molecule has 0 atom stereocenters. The van der Waals surface area contributed by atoms with E-state index in [0.717, 1.165) is 136 Å². The van der Waals surface area contributed by atoms with Gasteiger partial charge in [-0.1, -0.05) is 426 Å². The number of imidazole rings is 3. The molecule has 9 nitrogen and oxygen atoms in total. The fourth-order valence-electron chi connectivity index (χ4n) is 23.8. The van der Waals surface area contributed by atoms with Crippen molar-refractivity contribution in [2.75, 3.05) is 0 Å². The predicted molar refractivity (Wildman–Crippen MR) is 606 cm³/mol. The minimum absolute atomic E-state index is 0.0730. The lowest BCUT2D eigenvalue weighted by molar-refractivity contribution is 0.476. The van der Waals surface area contributed by atoms with Crippen LogP contribution in [0, 0.1) is 0 Å². The van der Waals surface area contributed by atoms with Gasteiger partial charge in [0.05, 0.1) is 33.6 Å². The molecule has 27 aromatic rings. The number of benzene rings is 24. The number of hydrogen-bond acceptors (Lipinski definition) is 6. The first-order chi connectivity index (χ1) is 72.7. The molecule has 688 valence electrons. The standard InChI is InChI=1S/C48H32N2O.2C45H28N2O/c1-48(2)38-20-11-10-15-32(38)33-25-23-30(27-39(33)48)44-34-16-6-8-18-36(34)45(37-19-9-7-17-35(37)44)31-24-26-41-43(28-31)51-42-22-12-21-40-46(42)50(41)47(49-40)29-13-4-3-5-14-29;1-3-13-29(14-4-1)31-17-11-18-32(27-31)42-34-19-7-9-21-36(34)43(37-22-10-8-20-35(37)42)33-25-26-39-41(28-33)48-40-24-12-23-38-44(40)47(39)45(46-38)30-15-5-2-6-16-30;1-3-12-29(13-4-1)30-22-24-31(25-23-30)42-34-16-7-9-18-36(34)43(37-19-10-8-17-35(37)42)33-26-27-39-41(28-33)48-40-21-11-20-38-44(40)47(39)45(46-38)32-14-5-2-6-15-32/h3-28H,1-2H3;2*1-28H. The van der Waals surface area contributed by atoms with E-state index in [0.29, 0.717) is 0 Å². The molecule has 31 rings (SSSR count). The molecular weight excluding hydrogens is 1790 g/mol. The molecule has 3 aromatic heterocycles. The maximum atomic E-state index is 6.71. The summed E-state index contributed by atoms with van der Waals surface area (Å²) in [6.45, 7) is 4.71. The summed E-state index contributed by atoms with van der Waals surface area (Å²) in [5.41, 5.74) is 36.6. The lowest BCUT2D eigenvalue weighted by Crippen LogP contribution is -2.14. The molecule has 1 aliphatic carbocycles. The molecule has 0 radical (unpaired) electrons. The lowest BCUT2D eigenvalue weighted by atomic mass is 9.80. The van der Waals surface area contributed by atoms with Gasteiger partial charge >= 0.3 is 0 Å². The molecular formula is C138H88N6O3. The van der Waals surface area contributed by atoms with Gasteiger partial charge in [0.15, 0.2) is 34.5 Å². The molecule has 0 fully saturated rings. The highest BCUT2D eigenvalue weighted by Crippen LogP contribution is 2.57. The first-order valence-corrected chi connectivity index (χ1v) is 50.3. The van der Waals surface area contributed by atoms with Crippen molar-refractivity contribution in [3.8, 4) is 186 Å². The second-order valence-corrected chi connectivity index (χ2v) is 39.0. The topological polar surface area (TPSA) is 81.2 Å². The highest BCUT2D eigenvalue weighted by atomic mass is 16.5. The van der Waals surface area contributed by atoms with Gasteiger partial charge in [0.2, 0.25) is 0 Å². The number of para-hydroxylation sites is 3. The Hall–Kier alpha value is -19.4. The summed E-state index contributed by atoms with van der Waals surface area (Å²) in [6, 6.07) is 177. The summed E-state index contributed by atoms with van der Waals surface area (Å²) in [6.07, 6.45) is 0. The van der Waals surface area contributed by atoms with E-state index in [1.165, 1.54) is 159 Å². The van der Waals surface area contributed by atoms with Gasteiger partial charge in [-0.25, -0.2) is 15.0 Å². The fraction of sp³-hybridized carbons (Fsp3) is 0.0217.